The lowest BCUT2D eigenvalue weighted by atomic mass is 9.93. The summed E-state index contributed by atoms with van der Waals surface area (Å²) >= 11 is 5.99. The van der Waals surface area contributed by atoms with Crippen molar-refractivity contribution in [3.8, 4) is 0 Å². The number of hydrogen-bond acceptors (Lipinski definition) is 4. The minimum absolute atomic E-state index is 0.00386. The van der Waals surface area contributed by atoms with Crippen molar-refractivity contribution in [3.05, 3.63) is 34.6 Å². The summed E-state index contributed by atoms with van der Waals surface area (Å²) in [6, 6.07) is 4.34. The third-order valence-corrected chi connectivity index (χ3v) is 4.05. The highest BCUT2D eigenvalue weighted by atomic mass is 35.5. The maximum Gasteiger partial charge on any atom is 0.251 e. The largest absolute Gasteiger partial charge is 0.395 e. The Morgan fingerprint density at radius 1 is 1.59 bits per heavy atom. The van der Waals surface area contributed by atoms with Crippen molar-refractivity contribution in [3.63, 3.8) is 0 Å². The van der Waals surface area contributed by atoms with E-state index >= 15 is 0 Å². The molecule has 1 fully saturated rings. The molecule has 3 N–H and O–H groups in total. The van der Waals surface area contributed by atoms with Gasteiger partial charge in [-0.05, 0) is 25.5 Å². The first-order valence-electron chi connectivity index (χ1n) is 7.07. The van der Waals surface area contributed by atoms with E-state index in [1.54, 1.807) is 26.0 Å². The summed E-state index contributed by atoms with van der Waals surface area (Å²) in [5.41, 5.74) is -0.340. The summed E-state index contributed by atoms with van der Waals surface area (Å²) in [6.45, 7) is 4.02. The zero-order valence-electron chi connectivity index (χ0n) is 12.5. The molecule has 1 aromatic carbocycles. The highest BCUT2D eigenvalue weighted by molar-refractivity contribution is 6.31. The van der Waals surface area contributed by atoms with Gasteiger partial charge in [-0.25, -0.2) is 4.39 Å². The molecule has 0 unspecified atom stereocenters. The normalized spacial score (nSPS) is 22.4. The highest BCUT2D eigenvalue weighted by Crippen LogP contribution is 2.29. The monoisotopic (exact) mass is 330 g/mol. The van der Waals surface area contributed by atoms with Gasteiger partial charge in [0, 0.05) is 6.54 Å². The lowest BCUT2D eigenvalue weighted by molar-refractivity contribution is -0.137. The first-order chi connectivity index (χ1) is 10.3. The van der Waals surface area contributed by atoms with Crippen LogP contribution >= 0.6 is 11.6 Å². The number of aliphatic hydroxyl groups is 1. The molecule has 0 bridgehead atoms. The Bertz CT molecular complexity index is 546. The molecular weight excluding hydrogens is 311 g/mol. The number of ether oxygens (including phenoxy) is 1. The Hall–Kier alpha value is -1.21. The first-order valence-corrected chi connectivity index (χ1v) is 7.45. The molecule has 2 atom stereocenters. The van der Waals surface area contributed by atoms with E-state index in [1.165, 1.54) is 6.07 Å². The van der Waals surface area contributed by atoms with E-state index in [2.05, 4.69) is 10.6 Å². The minimum atomic E-state index is -0.840. The number of halogens is 2. The van der Waals surface area contributed by atoms with Crippen molar-refractivity contribution >= 4 is 17.5 Å². The van der Waals surface area contributed by atoms with Gasteiger partial charge in [0.25, 0.3) is 5.91 Å². The Labute approximate surface area is 133 Å². The summed E-state index contributed by atoms with van der Waals surface area (Å²) < 4.78 is 19.0. The number of carbonyl (C=O) groups is 1. The van der Waals surface area contributed by atoms with Crippen molar-refractivity contribution in [2.45, 2.75) is 31.5 Å². The van der Waals surface area contributed by atoms with E-state index in [0.717, 1.165) is 0 Å². The maximum absolute atomic E-state index is 13.6. The molecule has 0 saturated carbocycles. The second-order valence-corrected chi connectivity index (χ2v) is 6.20. The van der Waals surface area contributed by atoms with Crippen LogP contribution in [0.25, 0.3) is 0 Å². The second kappa shape index (κ2) is 6.91. The van der Waals surface area contributed by atoms with Crippen LogP contribution in [0.3, 0.4) is 0 Å². The van der Waals surface area contributed by atoms with Crippen LogP contribution in [0.15, 0.2) is 18.2 Å². The predicted octanol–water partition coefficient (Wildman–Crippen LogP) is 1.18. The Balaban J connectivity index is 2.05. The van der Waals surface area contributed by atoms with Crippen molar-refractivity contribution in [1.82, 2.24) is 10.6 Å². The topological polar surface area (TPSA) is 70.6 Å². The third kappa shape index (κ3) is 3.76. The van der Waals surface area contributed by atoms with E-state index in [-0.39, 0.29) is 30.2 Å². The van der Waals surface area contributed by atoms with Gasteiger partial charge in [-0.1, -0.05) is 23.7 Å². The summed E-state index contributed by atoms with van der Waals surface area (Å²) in [7, 11) is 0. The summed E-state index contributed by atoms with van der Waals surface area (Å²) in [5, 5.41) is 14.9. The molecule has 22 heavy (non-hydrogen) atoms. The van der Waals surface area contributed by atoms with E-state index in [9.17, 15) is 9.18 Å². The SMILES string of the molecule is CC(C)(NC(=O)[C@@H]1CN[C@H](CO)CO1)c1cccc(F)c1Cl. The zero-order valence-corrected chi connectivity index (χ0v) is 13.3. The van der Waals surface area contributed by atoms with Gasteiger partial charge < -0.3 is 20.5 Å². The number of carbonyl (C=O) groups excluding carboxylic acids is 1. The molecule has 0 aromatic heterocycles. The maximum atomic E-state index is 13.6. The summed E-state index contributed by atoms with van der Waals surface area (Å²) in [4.78, 5) is 12.3. The van der Waals surface area contributed by atoms with Crippen LogP contribution in [0.4, 0.5) is 4.39 Å². The Kier molecular flexibility index (Phi) is 5.39. The van der Waals surface area contributed by atoms with Crippen LogP contribution < -0.4 is 10.6 Å². The molecule has 122 valence electrons. The molecule has 1 saturated heterocycles. The molecule has 0 radical (unpaired) electrons. The average Bonchev–Trinajstić information content (AvgIpc) is 2.49. The van der Waals surface area contributed by atoms with Gasteiger partial charge >= 0.3 is 0 Å². The van der Waals surface area contributed by atoms with Gasteiger partial charge in [0.2, 0.25) is 0 Å². The molecule has 1 amide bonds. The Morgan fingerprint density at radius 3 is 2.91 bits per heavy atom. The molecule has 1 heterocycles. The molecule has 0 aliphatic carbocycles. The van der Waals surface area contributed by atoms with Crippen molar-refractivity contribution in [2.75, 3.05) is 19.8 Å². The third-order valence-electron chi connectivity index (χ3n) is 3.66. The smallest absolute Gasteiger partial charge is 0.251 e. The number of rotatable bonds is 4. The second-order valence-electron chi connectivity index (χ2n) is 5.83. The van der Waals surface area contributed by atoms with E-state index in [1.807, 2.05) is 0 Å². The number of morpholine rings is 1. The highest BCUT2D eigenvalue weighted by Gasteiger charge is 2.32. The first kappa shape index (κ1) is 17.1. The molecule has 2 rings (SSSR count). The molecule has 5 nitrogen and oxygen atoms in total. The molecule has 7 heteroatoms. The van der Waals surface area contributed by atoms with Gasteiger partial charge in [0.05, 0.1) is 29.8 Å². The number of aliphatic hydroxyl groups excluding tert-OH is 1. The van der Waals surface area contributed by atoms with Gasteiger partial charge in [0.15, 0.2) is 0 Å². The number of nitrogens with one attached hydrogen (secondary N) is 2. The van der Waals surface area contributed by atoms with Gasteiger partial charge in [-0.2, -0.15) is 0 Å². The predicted molar refractivity (Wildman–Crippen MR) is 81.2 cm³/mol. The van der Waals surface area contributed by atoms with Gasteiger partial charge in [-0.15, -0.1) is 0 Å². The van der Waals surface area contributed by atoms with Crippen molar-refractivity contribution < 1.29 is 19.0 Å². The van der Waals surface area contributed by atoms with E-state index < -0.39 is 17.5 Å². The van der Waals surface area contributed by atoms with Crippen LogP contribution in [0.1, 0.15) is 19.4 Å². The van der Waals surface area contributed by atoms with Gasteiger partial charge in [0.1, 0.15) is 11.9 Å². The number of amides is 1. The summed E-state index contributed by atoms with van der Waals surface area (Å²) in [5.74, 6) is -0.836. The Morgan fingerprint density at radius 2 is 2.32 bits per heavy atom. The van der Waals surface area contributed by atoms with Gasteiger partial charge in [-0.3, -0.25) is 4.79 Å². The van der Waals surface area contributed by atoms with E-state index in [0.29, 0.717) is 12.1 Å². The number of hydrogen-bond donors (Lipinski definition) is 3. The average molecular weight is 331 g/mol. The van der Waals surface area contributed by atoms with Crippen LogP contribution in [0.5, 0.6) is 0 Å². The van der Waals surface area contributed by atoms with E-state index in [4.69, 9.17) is 21.4 Å². The molecule has 1 aliphatic rings. The quantitative estimate of drug-likeness (QED) is 0.775. The van der Waals surface area contributed by atoms with Crippen molar-refractivity contribution in [2.24, 2.45) is 0 Å². The van der Waals surface area contributed by atoms with Crippen molar-refractivity contribution in [1.29, 1.82) is 0 Å². The van der Waals surface area contributed by atoms with Crippen LogP contribution in [0, 0.1) is 5.82 Å². The fourth-order valence-electron chi connectivity index (χ4n) is 2.35. The number of benzene rings is 1. The minimum Gasteiger partial charge on any atom is -0.395 e. The fraction of sp³-hybridized carbons (Fsp3) is 0.533. The van der Waals surface area contributed by atoms with Crippen LogP contribution in [-0.4, -0.2) is 42.9 Å². The molecule has 1 aliphatic heterocycles. The zero-order chi connectivity index (χ0) is 16.3. The molecular formula is C15H20ClFN2O3. The summed E-state index contributed by atoms with van der Waals surface area (Å²) in [6.07, 6.45) is -0.658. The lowest BCUT2D eigenvalue weighted by Gasteiger charge is -2.33. The van der Waals surface area contributed by atoms with Crippen LogP contribution in [-0.2, 0) is 15.1 Å². The van der Waals surface area contributed by atoms with Crippen LogP contribution in [0.2, 0.25) is 5.02 Å². The molecule has 1 aromatic rings. The standard InChI is InChI=1S/C15H20ClFN2O3/c1-15(2,10-4-3-5-11(17)13(10)16)19-14(21)12-6-18-9(7-20)8-22-12/h3-5,9,12,18,20H,6-8H2,1-2H3,(H,19,21)/t9-,12+/m1/s1. The molecule has 0 spiro atoms. The fourth-order valence-corrected chi connectivity index (χ4v) is 2.71. The lowest BCUT2D eigenvalue weighted by Crippen LogP contribution is -2.56.